The first-order valence-electron chi connectivity index (χ1n) is 4.71. The molecule has 1 aromatic rings. The molecule has 1 rings (SSSR count). The monoisotopic (exact) mass is 179 g/mol. The molecule has 0 radical (unpaired) electrons. The van der Waals surface area contributed by atoms with Gasteiger partial charge in [-0.1, -0.05) is 6.07 Å². The lowest BCUT2D eigenvalue weighted by molar-refractivity contribution is 0.340. The van der Waals surface area contributed by atoms with E-state index in [0.29, 0.717) is 12.6 Å². The molecule has 0 saturated carbocycles. The Morgan fingerprint density at radius 1 is 1.38 bits per heavy atom. The van der Waals surface area contributed by atoms with Crippen LogP contribution >= 0.6 is 0 Å². The van der Waals surface area contributed by atoms with Gasteiger partial charge in [0.1, 0.15) is 5.75 Å². The molecule has 0 aromatic heterocycles. The highest BCUT2D eigenvalue weighted by atomic mass is 16.5. The predicted molar refractivity (Wildman–Crippen MR) is 56.4 cm³/mol. The van der Waals surface area contributed by atoms with Gasteiger partial charge in [-0.3, -0.25) is 0 Å². The van der Waals surface area contributed by atoms with Crippen molar-refractivity contribution in [3.63, 3.8) is 0 Å². The van der Waals surface area contributed by atoms with Crippen LogP contribution in [-0.4, -0.2) is 12.6 Å². The molecule has 0 spiro atoms. The third-order valence-electron chi connectivity index (χ3n) is 1.60. The zero-order valence-electron chi connectivity index (χ0n) is 8.50. The quantitative estimate of drug-likeness (QED) is 0.767. The summed E-state index contributed by atoms with van der Waals surface area (Å²) in [5.41, 5.74) is 1.11. The van der Waals surface area contributed by atoms with E-state index in [1.165, 1.54) is 0 Å². The molecule has 0 atom stereocenters. The summed E-state index contributed by atoms with van der Waals surface area (Å²) in [6, 6.07) is 8.48. The molecular weight excluding hydrogens is 162 g/mol. The molecule has 2 heteroatoms. The average Bonchev–Trinajstić information content (AvgIpc) is 2.04. The van der Waals surface area contributed by atoms with Gasteiger partial charge in [0, 0.05) is 17.8 Å². The molecule has 0 aliphatic carbocycles. The van der Waals surface area contributed by atoms with Crippen molar-refractivity contribution >= 4 is 5.69 Å². The fourth-order valence-electron chi connectivity index (χ4n) is 1.18. The highest BCUT2D eigenvalue weighted by Gasteiger charge is 1.96. The summed E-state index contributed by atoms with van der Waals surface area (Å²) in [6.45, 7) is 6.94. The largest absolute Gasteiger partial charge is 0.494 e. The van der Waals surface area contributed by atoms with Gasteiger partial charge in [-0.25, -0.2) is 0 Å². The van der Waals surface area contributed by atoms with Gasteiger partial charge in [0.25, 0.3) is 0 Å². The minimum Gasteiger partial charge on any atom is -0.494 e. The van der Waals surface area contributed by atoms with E-state index >= 15 is 0 Å². The second-order valence-electron chi connectivity index (χ2n) is 3.26. The first-order chi connectivity index (χ1) is 6.22. The molecule has 0 aliphatic rings. The van der Waals surface area contributed by atoms with Crippen LogP contribution in [0.25, 0.3) is 0 Å². The van der Waals surface area contributed by atoms with Crippen molar-refractivity contribution < 1.29 is 4.74 Å². The van der Waals surface area contributed by atoms with Crippen molar-refractivity contribution in [1.82, 2.24) is 0 Å². The maximum atomic E-state index is 5.39. The third kappa shape index (κ3) is 3.36. The van der Waals surface area contributed by atoms with Gasteiger partial charge in [-0.05, 0) is 32.9 Å². The second-order valence-corrected chi connectivity index (χ2v) is 3.26. The summed E-state index contributed by atoms with van der Waals surface area (Å²) < 4.78 is 5.39. The first kappa shape index (κ1) is 9.90. The van der Waals surface area contributed by atoms with Gasteiger partial charge < -0.3 is 10.1 Å². The Labute approximate surface area is 79.9 Å². The van der Waals surface area contributed by atoms with Crippen LogP contribution in [0.15, 0.2) is 24.3 Å². The molecule has 0 unspecified atom stereocenters. The van der Waals surface area contributed by atoms with Crippen LogP contribution in [0.1, 0.15) is 20.8 Å². The Bertz CT molecular complexity index is 258. The van der Waals surface area contributed by atoms with Crippen molar-refractivity contribution in [2.45, 2.75) is 26.8 Å². The number of ether oxygens (including phenoxy) is 1. The lowest BCUT2D eigenvalue weighted by atomic mass is 10.2. The van der Waals surface area contributed by atoms with Crippen molar-refractivity contribution in [2.75, 3.05) is 11.9 Å². The van der Waals surface area contributed by atoms with E-state index in [0.717, 1.165) is 11.4 Å². The number of benzene rings is 1. The minimum absolute atomic E-state index is 0.455. The van der Waals surface area contributed by atoms with Crippen LogP contribution in [-0.2, 0) is 0 Å². The number of hydrogen-bond acceptors (Lipinski definition) is 2. The van der Waals surface area contributed by atoms with Crippen LogP contribution in [0.4, 0.5) is 5.69 Å². The molecule has 2 nitrogen and oxygen atoms in total. The smallest absolute Gasteiger partial charge is 0.121 e. The fraction of sp³-hybridized carbons (Fsp3) is 0.455. The summed E-state index contributed by atoms with van der Waals surface area (Å²) in [4.78, 5) is 0. The Kier molecular flexibility index (Phi) is 3.62. The van der Waals surface area contributed by atoms with Crippen molar-refractivity contribution in [3.8, 4) is 5.75 Å². The SMILES string of the molecule is CCOc1cccc(NC(C)C)c1. The van der Waals surface area contributed by atoms with Gasteiger partial charge in [-0.2, -0.15) is 0 Å². The molecule has 0 bridgehead atoms. The standard InChI is InChI=1S/C11H17NO/c1-4-13-11-7-5-6-10(8-11)12-9(2)3/h5-9,12H,4H2,1-3H3. The van der Waals surface area contributed by atoms with Gasteiger partial charge in [0.15, 0.2) is 0 Å². The number of nitrogens with one attached hydrogen (secondary N) is 1. The van der Waals surface area contributed by atoms with E-state index in [9.17, 15) is 0 Å². The summed E-state index contributed by atoms with van der Waals surface area (Å²) in [5, 5.41) is 3.32. The maximum Gasteiger partial charge on any atom is 0.121 e. The Hall–Kier alpha value is -1.18. The van der Waals surface area contributed by atoms with Crippen LogP contribution in [0.3, 0.4) is 0 Å². The topological polar surface area (TPSA) is 21.3 Å². The lowest BCUT2D eigenvalue weighted by Crippen LogP contribution is -2.09. The Balaban J connectivity index is 2.67. The second kappa shape index (κ2) is 4.75. The molecule has 1 aromatic carbocycles. The van der Waals surface area contributed by atoms with E-state index in [1.54, 1.807) is 0 Å². The number of hydrogen-bond donors (Lipinski definition) is 1. The fourth-order valence-corrected chi connectivity index (χ4v) is 1.18. The van der Waals surface area contributed by atoms with Gasteiger partial charge in [0.2, 0.25) is 0 Å². The van der Waals surface area contributed by atoms with Gasteiger partial charge >= 0.3 is 0 Å². The Morgan fingerprint density at radius 2 is 2.15 bits per heavy atom. The zero-order valence-corrected chi connectivity index (χ0v) is 8.50. The van der Waals surface area contributed by atoms with Crippen LogP contribution in [0.2, 0.25) is 0 Å². The number of rotatable bonds is 4. The minimum atomic E-state index is 0.455. The van der Waals surface area contributed by atoms with E-state index in [-0.39, 0.29) is 0 Å². The van der Waals surface area contributed by atoms with Crippen molar-refractivity contribution in [1.29, 1.82) is 0 Å². The molecular formula is C11H17NO. The summed E-state index contributed by atoms with van der Waals surface area (Å²) in [7, 11) is 0. The van der Waals surface area contributed by atoms with E-state index in [1.807, 2.05) is 31.2 Å². The lowest BCUT2D eigenvalue weighted by Gasteiger charge is -2.11. The highest BCUT2D eigenvalue weighted by molar-refractivity contribution is 5.48. The van der Waals surface area contributed by atoms with Crippen LogP contribution in [0, 0.1) is 0 Å². The molecule has 0 saturated heterocycles. The van der Waals surface area contributed by atoms with Crippen LogP contribution < -0.4 is 10.1 Å². The highest BCUT2D eigenvalue weighted by Crippen LogP contribution is 2.17. The first-order valence-corrected chi connectivity index (χ1v) is 4.71. The molecule has 72 valence electrons. The summed E-state index contributed by atoms with van der Waals surface area (Å²) >= 11 is 0. The van der Waals surface area contributed by atoms with Gasteiger partial charge in [0.05, 0.1) is 6.61 Å². The van der Waals surface area contributed by atoms with Crippen molar-refractivity contribution in [2.24, 2.45) is 0 Å². The van der Waals surface area contributed by atoms with Gasteiger partial charge in [-0.15, -0.1) is 0 Å². The molecule has 0 amide bonds. The molecule has 0 heterocycles. The molecule has 13 heavy (non-hydrogen) atoms. The van der Waals surface area contributed by atoms with E-state index in [2.05, 4.69) is 19.2 Å². The predicted octanol–water partition coefficient (Wildman–Crippen LogP) is 2.91. The maximum absolute atomic E-state index is 5.39. The molecule has 1 N–H and O–H groups in total. The Morgan fingerprint density at radius 3 is 2.77 bits per heavy atom. The van der Waals surface area contributed by atoms with Crippen LogP contribution in [0.5, 0.6) is 5.75 Å². The third-order valence-corrected chi connectivity index (χ3v) is 1.60. The molecule has 0 fully saturated rings. The zero-order chi connectivity index (χ0) is 9.68. The van der Waals surface area contributed by atoms with E-state index in [4.69, 9.17) is 4.74 Å². The average molecular weight is 179 g/mol. The molecule has 0 aliphatic heterocycles. The number of anilines is 1. The normalized spacial score (nSPS) is 10.2. The summed E-state index contributed by atoms with van der Waals surface area (Å²) in [6.07, 6.45) is 0. The van der Waals surface area contributed by atoms with Crippen molar-refractivity contribution in [3.05, 3.63) is 24.3 Å². The summed E-state index contributed by atoms with van der Waals surface area (Å²) in [5.74, 6) is 0.924. The van der Waals surface area contributed by atoms with E-state index < -0.39 is 0 Å².